The highest BCUT2D eigenvalue weighted by atomic mass is 35.5. The predicted molar refractivity (Wildman–Crippen MR) is 120 cm³/mol. The van der Waals surface area contributed by atoms with E-state index in [1.54, 1.807) is 6.07 Å². The molecule has 0 aromatic heterocycles. The number of piperidine rings is 1. The van der Waals surface area contributed by atoms with Crippen LogP contribution in [0.4, 0.5) is 16.2 Å². The molecule has 1 aliphatic carbocycles. The molecule has 2 aliphatic heterocycles. The number of carbonyl (C=O) groups is 2. The summed E-state index contributed by atoms with van der Waals surface area (Å²) in [6.45, 7) is 4.97. The number of likely N-dealkylation sites (tertiary alicyclic amines) is 1. The van der Waals surface area contributed by atoms with Gasteiger partial charge in [0.1, 0.15) is 0 Å². The Kier molecular flexibility index (Phi) is 7.00. The molecule has 1 saturated carbocycles. The minimum Gasteiger partial charge on any atom is -0.359 e. The summed E-state index contributed by atoms with van der Waals surface area (Å²) in [7, 11) is 0. The molecule has 2 heterocycles. The lowest BCUT2D eigenvalue weighted by molar-refractivity contribution is -0.120. The third-order valence-electron chi connectivity index (χ3n) is 6.50. The second-order valence-electron chi connectivity index (χ2n) is 8.76. The van der Waals surface area contributed by atoms with Crippen molar-refractivity contribution in [3.8, 4) is 0 Å². The quantitative estimate of drug-likeness (QED) is 0.667. The van der Waals surface area contributed by atoms with Crippen LogP contribution < -0.4 is 20.9 Å². The smallest absolute Gasteiger partial charge is 0.319 e. The zero-order valence-electron chi connectivity index (χ0n) is 17.5. The fourth-order valence-electron chi connectivity index (χ4n) is 4.86. The van der Waals surface area contributed by atoms with E-state index in [-0.39, 0.29) is 18.0 Å². The normalized spacial score (nSPS) is 21.5. The van der Waals surface area contributed by atoms with E-state index in [0.717, 1.165) is 44.1 Å². The van der Waals surface area contributed by atoms with Gasteiger partial charge in [-0.15, -0.1) is 0 Å². The molecule has 0 bridgehead atoms. The SMILES string of the molecule is O=C1CN(c2ccc(NC(=O)NC3CCN(CC4CCCC4)CC3)cc2Cl)CCN1. The molecule has 3 amide bonds. The molecule has 1 aromatic carbocycles. The van der Waals surface area contributed by atoms with E-state index < -0.39 is 0 Å². The summed E-state index contributed by atoms with van der Waals surface area (Å²) >= 11 is 6.42. The number of halogens is 1. The van der Waals surface area contributed by atoms with Gasteiger partial charge in [-0.25, -0.2) is 4.79 Å². The summed E-state index contributed by atoms with van der Waals surface area (Å²) in [5.41, 5.74) is 1.47. The maximum Gasteiger partial charge on any atom is 0.319 e. The topological polar surface area (TPSA) is 76.7 Å². The molecule has 2 saturated heterocycles. The summed E-state index contributed by atoms with van der Waals surface area (Å²) in [4.78, 5) is 28.6. The van der Waals surface area contributed by atoms with Crippen LogP contribution in [-0.2, 0) is 4.79 Å². The Morgan fingerprint density at radius 3 is 2.60 bits per heavy atom. The van der Waals surface area contributed by atoms with Crippen LogP contribution in [0.15, 0.2) is 18.2 Å². The first-order chi connectivity index (χ1) is 14.6. The van der Waals surface area contributed by atoms with Crippen LogP contribution in [0, 0.1) is 5.92 Å². The average Bonchev–Trinajstić information content (AvgIpc) is 3.22. The van der Waals surface area contributed by atoms with Gasteiger partial charge in [0.05, 0.1) is 17.3 Å². The van der Waals surface area contributed by atoms with E-state index in [2.05, 4.69) is 20.9 Å². The monoisotopic (exact) mass is 433 g/mol. The molecule has 164 valence electrons. The lowest BCUT2D eigenvalue weighted by Gasteiger charge is -2.33. The molecule has 3 aliphatic rings. The van der Waals surface area contributed by atoms with E-state index in [9.17, 15) is 9.59 Å². The van der Waals surface area contributed by atoms with E-state index in [4.69, 9.17) is 11.6 Å². The number of carbonyl (C=O) groups excluding carboxylic acids is 2. The summed E-state index contributed by atoms with van der Waals surface area (Å²) in [6, 6.07) is 5.46. The number of rotatable bonds is 5. The number of piperazine rings is 1. The fraction of sp³-hybridized carbons (Fsp3) is 0.636. The lowest BCUT2D eigenvalue weighted by Crippen LogP contribution is -2.47. The molecule has 0 atom stereocenters. The Balaban J connectivity index is 1.23. The summed E-state index contributed by atoms with van der Waals surface area (Å²) in [6.07, 6.45) is 7.54. The van der Waals surface area contributed by atoms with E-state index in [1.165, 1.54) is 32.2 Å². The van der Waals surface area contributed by atoms with Gasteiger partial charge in [-0.2, -0.15) is 0 Å². The highest BCUT2D eigenvalue weighted by molar-refractivity contribution is 6.33. The Hall–Kier alpha value is -1.99. The summed E-state index contributed by atoms with van der Waals surface area (Å²) in [5, 5.41) is 9.33. The highest BCUT2D eigenvalue weighted by Gasteiger charge is 2.24. The molecule has 0 unspecified atom stereocenters. The van der Waals surface area contributed by atoms with Crippen molar-refractivity contribution in [1.82, 2.24) is 15.5 Å². The Morgan fingerprint density at radius 2 is 1.90 bits per heavy atom. The molecule has 4 rings (SSSR count). The van der Waals surface area contributed by atoms with Crippen molar-refractivity contribution in [2.75, 3.05) is 49.5 Å². The van der Waals surface area contributed by atoms with Crippen molar-refractivity contribution < 1.29 is 9.59 Å². The minimum absolute atomic E-state index is 0.00631. The van der Waals surface area contributed by atoms with E-state index >= 15 is 0 Å². The van der Waals surface area contributed by atoms with Gasteiger partial charge in [0.25, 0.3) is 0 Å². The third-order valence-corrected chi connectivity index (χ3v) is 6.80. The molecule has 3 fully saturated rings. The molecule has 7 nitrogen and oxygen atoms in total. The predicted octanol–water partition coefficient (Wildman–Crippen LogP) is 3.05. The molecule has 0 spiro atoms. The first-order valence-electron chi connectivity index (χ1n) is 11.2. The van der Waals surface area contributed by atoms with Crippen molar-refractivity contribution in [3.63, 3.8) is 0 Å². The van der Waals surface area contributed by atoms with Crippen molar-refractivity contribution in [3.05, 3.63) is 23.2 Å². The van der Waals surface area contributed by atoms with E-state index in [1.807, 2.05) is 17.0 Å². The van der Waals surface area contributed by atoms with Crippen LogP contribution in [-0.4, -0.2) is 62.1 Å². The number of urea groups is 1. The molecule has 30 heavy (non-hydrogen) atoms. The van der Waals surface area contributed by atoms with Gasteiger partial charge in [-0.05, 0) is 49.8 Å². The standard InChI is InChI=1S/C22H32ClN5O2/c23-19-13-18(5-6-20(19)28-12-9-24-21(29)15-28)26-22(30)25-17-7-10-27(11-8-17)14-16-3-1-2-4-16/h5-6,13,16-17H,1-4,7-12,14-15H2,(H,24,29)(H2,25,26,30). The first kappa shape index (κ1) is 21.2. The number of hydrogen-bond acceptors (Lipinski definition) is 4. The number of benzene rings is 1. The minimum atomic E-state index is -0.189. The maximum atomic E-state index is 12.4. The van der Waals surface area contributed by atoms with Crippen LogP contribution in [0.2, 0.25) is 5.02 Å². The van der Waals surface area contributed by atoms with Crippen molar-refractivity contribution in [1.29, 1.82) is 0 Å². The van der Waals surface area contributed by atoms with Crippen molar-refractivity contribution in [2.45, 2.75) is 44.6 Å². The molecular weight excluding hydrogens is 402 g/mol. The molecule has 0 radical (unpaired) electrons. The van der Waals surface area contributed by atoms with E-state index in [0.29, 0.717) is 23.8 Å². The average molecular weight is 434 g/mol. The second-order valence-corrected chi connectivity index (χ2v) is 9.17. The van der Waals surface area contributed by atoms with Crippen LogP contribution >= 0.6 is 11.6 Å². The lowest BCUT2D eigenvalue weighted by atomic mass is 10.0. The molecule has 8 heteroatoms. The van der Waals surface area contributed by atoms with Crippen LogP contribution in [0.25, 0.3) is 0 Å². The fourth-order valence-corrected chi connectivity index (χ4v) is 5.16. The number of hydrogen-bond donors (Lipinski definition) is 3. The first-order valence-corrected chi connectivity index (χ1v) is 11.6. The van der Waals surface area contributed by atoms with Crippen molar-refractivity contribution in [2.24, 2.45) is 5.92 Å². The van der Waals surface area contributed by atoms with Crippen LogP contribution in [0.3, 0.4) is 0 Å². The van der Waals surface area contributed by atoms with Crippen LogP contribution in [0.5, 0.6) is 0 Å². The molecule has 3 N–H and O–H groups in total. The summed E-state index contributed by atoms with van der Waals surface area (Å²) in [5.74, 6) is 0.873. The Morgan fingerprint density at radius 1 is 1.13 bits per heavy atom. The molecule has 1 aromatic rings. The number of anilines is 2. The molecular formula is C22H32ClN5O2. The van der Waals surface area contributed by atoms with Gasteiger partial charge < -0.3 is 25.8 Å². The maximum absolute atomic E-state index is 12.4. The van der Waals surface area contributed by atoms with Gasteiger partial charge in [0, 0.05) is 44.5 Å². The largest absolute Gasteiger partial charge is 0.359 e. The van der Waals surface area contributed by atoms with Crippen LogP contribution in [0.1, 0.15) is 38.5 Å². The zero-order valence-corrected chi connectivity index (χ0v) is 18.2. The third kappa shape index (κ3) is 5.58. The zero-order chi connectivity index (χ0) is 20.9. The van der Waals surface area contributed by atoms with Gasteiger partial charge in [-0.3, -0.25) is 4.79 Å². The van der Waals surface area contributed by atoms with Gasteiger partial charge in [-0.1, -0.05) is 24.4 Å². The number of nitrogens with zero attached hydrogens (tertiary/aromatic N) is 2. The van der Waals surface area contributed by atoms with Crippen molar-refractivity contribution >= 4 is 34.9 Å². The van der Waals surface area contributed by atoms with Gasteiger partial charge >= 0.3 is 6.03 Å². The second kappa shape index (κ2) is 9.88. The number of nitrogens with one attached hydrogen (secondary N) is 3. The Bertz CT molecular complexity index is 760. The highest BCUT2D eigenvalue weighted by Crippen LogP contribution is 2.29. The Labute approximate surface area is 183 Å². The van der Waals surface area contributed by atoms with Gasteiger partial charge in [0.2, 0.25) is 5.91 Å². The number of amides is 3. The van der Waals surface area contributed by atoms with Gasteiger partial charge in [0.15, 0.2) is 0 Å². The summed E-state index contributed by atoms with van der Waals surface area (Å²) < 4.78 is 0.